The number of fused-ring (bicyclic) bond motifs is 1. The van der Waals surface area contributed by atoms with Crippen LogP contribution in [0.5, 0.6) is 5.75 Å². The number of ketones is 2. The van der Waals surface area contributed by atoms with Crippen LogP contribution in [-0.2, 0) is 21.4 Å². The summed E-state index contributed by atoms with van der Waals surface area (Å²) in [6.45, 7) is 2.68. The van der Waals surface area contributed by atoms with Gasteiger partial charge in [0, 0.05) is 37.3 Å². The average molecular weight is 511 g/mol. The van der Waals surface area contributed by atoms with E-state index >= 15 is 0 Å². The van der Waals surface area contributed by atoms with E-state index in [0.717, 1.165) is 12.2 Å². The van der Waals surface area contributed by atoms with Crippen LogP contribution in [0.25, 0.3) is 0 Å². The van der Waals surface area contributed by atoms with Crippen LogP contribution in [0.1, 0.15) is 31.8 Å². The third-order valence-electron chi connectivity index (χ3n) is 7.90. The maximum atomic E-state index is 14.1. The van der Waals surface area contributed by atoms with Crippen LogP contribution in [0.15, 0.2) is 90.9 Å². The van der Waals surface area contributed by atoms with Gasteiger partial charge in [-0.1, -0.05) is 66.7 Å². The summed E-state index contributed by atoms with van der Waals surface area (Å²) >= 11 is 0. The summed E-state index contributed by atoms with van der Waals surface area (Å²) in [7, 11) is 1.60. The fourth-order valence-electron chi connectivity index (χ4n) is 5.98. The van der Waals surface area contributed by atoms with E-state index in [9.17, 15) is 9.59 Å². The topological polar surface area (TPSA) is 68.3 Å². The third kappa shape index (κ3) is 3.99. The third-order valence-corrected chi connectivity index (χ3v) is 7.90. The van der Waals surface area contributed by atoms with Gasteiger partial charge in [0.1, 0.15) is 12.0 Å². The monoisotopic (exact) mass is 510 g/mol. The van der Waals surface area contributed by atoms with E-state index < -0.39 is 5.54 Å². The lowest BCUT2D eigenvalue weighted by Gasteiger charge is -2.45. The van der Waals surface area contributed by atoms with Crippen LogP contribution in [0, 0.1) is 0 Å². The van der Waals surface area contributed by atoms with Gasteiger partial charge in [-0.3, -0.25) is 19.4 Å². The summed E-state index contributed by atoms with van der Waals surface area (Å²) < 4.78 is 16.6. The Labute approximate surface area is 222 Å². The largest absolute Gasteiger partial charge is 0.497 e. The summed E-state index contributed by atoms with van der Waals surface area (Å²) in [5.41, 5.74) is 1.47. The van der Waals surface area contributed by atoms with Gasteiger partial charge in [0.05, 0.1) is 13.2 Å². The summed E-state index contributed by atoms with van der Waals surface area (Å²) in [6.07, 6.45) is 2.49. The molecule has 2 heterocycles. The fraction of sp³-hybridized carbons (Fsp3) is 0.290. The molecule has 0 bridgehead atoms. The molecule has 194 valence electrons. The van der Waals surface area contributed by atoms with Crippen LogP contribution < -0.4 is 4.74 Å². The van der Waals surface area contributed by atoms with Gasteiger partial charge in [-0.05, 0) is 29.7 Å². The highest BCUT2D eigenvalue weighted by atomic mass is 16.7. The lowest BCUT2D eigenvalue weighted by molar-refractivity contribution is 0.0137. The lowest BCUT2D eigenvalue weighted by atomic mass is 9.82. The molecule has 6 rings (SSSR count). The molecule has 0 spiro atoms. The van der Waals surface area contributed by atoms with Crippen LogP contribution in [0.4, 0.5) is 0 Å². The molecule has 1 unspecified atom stereocenters. The molecule has 1 fully saturated rings. The molecule has 7 nitrogen and oxygen atoms in total. The predicted molar refractivity (Wildman–Crippen MR) is 142 cm³/mol. The number of rotatable bonds is 7. The second-order valence-corrected chi connectivity index (χ2v) is 9.82. The van der Waals surface area contributed by atoms with E-state index in [1.54, 1.807) is 25.5 Å². The minimum Gasteiger partial charge on any atom is -0.497 e. The molecule has 3 aromatic rings. The van der Waals surface area contributed by atoms with Gasteiger partial charge in [-0.2, -0.15) is 0 Å². The Balaban J connectivity index is 1.31. The van der Waals surface area contributed by atoms with Gasteiger partial charge in [0.2, 0.25) is 6.79 Å². The van der Waals surface area contributed by atoms with Crippen molar-refractivity contribution in [3.8, 4) is 5.75 Å². The first-order valence-corrected chi connectivity index (χ1v) is 12.9. The number of hydrogen-bond acceptors (Lipinski definition) is 7. The molecule has 1 atom stereocenters. The Morgan fingerprint density at radius 2 is 1.47 bits per heavy atom. The van der Waals surface area contributed by atoms with Crippen molar-refractivity contribution >= 4 is 11.6 Å². The molecule has 2 aliphatic heterocycles. The van der Waals surface area contributed by atoms with Crippen molar-refractivity contribution in [2.24, 2.45) is 0 Å². The number of methoxy groups -OCH3 is 1. The second-order valence-electron chi connectivity index (χ2n) is 9.82. The Morgan fingerprint density at radius 1 is 0.842 bits per heavy atom. The number of hydrogen-bond donors (Lipinski definition) is 0. The van der Waals surface area contributed by atoms with Gasteiger partial charge in [-0.15, -0.1) is 0 Å². The van der Waals surface area contributed by atoms with E-state index in [4.69, 9.17) is 14.2 Å². The van der Waals surface area contributed by atoms with Crippen LogP contribution in [0.3, 0.4) is 0 Å². The summed E-state index contributed by atoms with van der Waals surface area (Å²) in [4.78, 5) is 32.6. The summed E-state index contributed by atoms with van der Waals surface area (Å²) in [6, 6.07) is 24.8. The molecule has 3 aliphatic rings. The fourth-order valence-corrected chi connectivity index (χ4v) is 5.98. The maximum Gasteiger partial charge on any atom is 0.229 e. The number of benzene rings is 3. The molecule has 3 aromatic carbocycles. The highest BCUT2D eigenvalue weighted by molar-refractivity contribution is 6.32. The van der Waals surface area contributed by atoms with E-state index in [1.165, 1.54) is 5.56 Å². The van der Waals surface area contributed by atoms with Gasteiger partial charge in [0.25, 0.3) is 0 Å². The lowest BCUT2D eigenvalue weighted by Crippen LogP contribution is -2.61. The van der Waals surface area contributed by atoms with Crippen LogP contribution >= 0.6 is 0 Å². The van der Waals surface area contributed by atoms with Crippen molar-refractivity contribution in [2.75, 3.05) is 40.1 Å². The summed E-state index contributed by atoms with van der Waals surface area (Å²) in [5.74, 6) is 1.17. The molecule has 0 amide bonds. The number of piperazine rings is 1. The van der Waals surface area contributed by atoms with Gasteiger partial charge in [0.15, 0.2) is 22.9 Å². The van der Waals surface area contributed by atoms with Crippen molar-refractivity contribution in [1.29, 1.82) is 0 Å². The van der Waals surface area contributed by atoms with Crippen LogP contribution in [0.2, 0.25) is 0 Å². The van der Waals surface area contributed by atoms with E-state index in [1.807, 2.05) is 54.6 Å². The van der Waals surface area contributed by atoms with Crippen molar-refractivity contribution in [3.05, 3.63) is 113 Å². The molecule has 7 heteroatoms. The van der Waals surface area contributed by atoms with Crippen molar-refractivity contribution in [2.45, 2.75) is 18.0 Å². The van der Waals surface area contributed by atoms with Gasteiger partial charge < -0.3 is 14.2 Å². The SMILES string of the molecule is COc1ccc(C2(N3CCN(C(Cc4ccccc4)C4=COCO4)CC3)C(=O)c3ccccc3C2=O)cc1. The first-order valence-electron chi connectivity index (χ1n) is 12.9. The summed E-state index contributed by atoms with van der Waals surface area (Å²) in [5, 5.41) is 0. The van der Waals surface area contributed by atoms with Gasteiger partial charge in [-0.25, -0.2) is 0 Å². The Hall–Kier alpha value is -3.94. The standard InChI is InChI=1S/C31H30N2O5/c1-36-24-13-11-23(12-14-24)31(29(34)25-9-5-6-10-26(25)30(31)35)33-17-15-32(16-18-33)27(28-20-37-21-38-28)19-22-7-3-2-4-8-22/h2-14,20,27H,15-19,21H2,1H3. The molecule has 1 saturated heterocycles. The minimum absolute atomic E-state index is 0.00571. The Kier molecular flexibility index (Phi) is 6.47. The first kappa shape index (κ1) is 24.4. The highest BCUT2D eigenvalue weighted by Gasteiger charge is 2.58. The number of carbonyl (C=O) groups is 2. The maximum absolute atomic E-state index is 14.1. The molecule has 0 radical (unpaired) electrons. The molecule has 1 aliphatic carbocycles. The number of nitrogens with zero attached hydrogens (tertiary/aromatic N) is 2. The normalized spacial score (nSPS) is 19.9. The van der Waals surface area contributed by atoms with E-state index in [-0.39, 0.29) is 24.4 Å². The molecular formula is C31H30N2O5. The number of Topliss-reactive ketones (excluding diaryl/α,β-unsaturated/α-hetero) is 2. The average Bonchev–Trinajstić information content (AvgIpc) is 3.59. The molecule has 0 N–H and O–H groups in total. The van der Waals surface area contributed by atoms with E-state index in [2.05, 4.69) is 21.9 Å². The molecular weight excluding hydrogens is 480 g/mol. The predicted octanol–water partition coefficient (Wildman–Crippen LogP) is 4.04. The zero-order chi connectivity index (χ0) is 26.1. The quantitative estimate of drug-likeness (QED) is 0.445. The zero-order valence-electron chi connectivity index (χ0n) is 21.3. The second kappa shape index (κ2) is 10.1. The smallest absolute Gasteiger partial charge is 0.229 e. The zero-order valence-corrected chi connectivity index (χ0v) is 21.3. The van der Waals surface area contributed by atoms with E-state index in [0.29, 0.717) is 48.6 Å². The van der Waals surface area contributed by atoms with Crippen LogP contribution in [-0.4, -0.2) is 67.5 Å². The number of carbonyl (C=O) groups excluding carboxylic acids is 2. The van der Waals surface area contributed by atoms with Crippen molar-refractivity contribution in [1.82, 2.24) is 9.80 Å². The van der Waals surface area contributed by atoms with Gasteiger partial charge >= 0.3 is 0 Å². The number of ether oxygens (including phenoxy) is 3. The molecule has 0 aromatic heterocycles. The Morgan fingerprint density at radius 3 is 2.05 bits per heavy atom. The molecule has 0 saturated carbocycles. The molecule has 38 heavy (non-hydrogen) atoms. The van der Waals surface area contributed by atoms with Crippen molar-refractivity contribution in [3.63, 3.8) is 0 Å². The highest BCUT2D eigenvalue weighted by Crippen LogP contribution is 2.43. The first-order chi connectivity index (χ1) is 18.6. The Bertz CT molecular complexity index is 1330. The van der Waals surface area contributed by atoms with Crippen molar-refractivity contribution < 1.29 is 23.8 Å². The minimum atomic E-state index is -1.39.